The monoisotopic (exact) mass is 314 g/mol. The number of amides is 2. The van der Waals surface area contributed by atoms with Crippen molar-refractivity contribution in [1.82, 2.24) is 0 Å². The quantitative estimate of drug-likeness (QED) is 0.833. The number of rotatable bonds is 2. The van der Waals surface area contributed by atoms with Crippen molar-refractivity contribution in [2.75, 3.05) is 10.6 Å². The molecule has 0 fully saturated rings. The van der Waals surface area contributed by atoms with Crippen LogP contribution in [0.4, 0.5) is 23.9 Å². The highest BCUT2D eigenvalue weighted by Crippen LogP contribution is 2.08. The Bertz CT molecular complexity index is 613. The molecule has 0 heterocycles. The molecule has 0 aliphatic carbocycles. The van der Waals surface area contributed by atoms with Crippen LogP contribution in [0.15, 0.2) is 60.7 Å². The molecular formula is C13H12F2N2O3S. The summed E-state index contributed by atoms with van der Waals surface area (Å²) in [6, 6.07) is 18.4. The summed E-state index contributed by atoms with van der Waals surface area (Å²) >= 11 is 0. The molecule has 0 aromatic heterocycles. The molecular weight excluding hydrogens is 302 g/mol. The zero-order valence-electron chi connectivity index (χ0n) is 10.7. The first kappa shape index (κ1) is 16.6. The van der Waals surface area contributed by atoms with Crippen LogP contribution in [0.2, 0.25) is 0 Å². The van der Waals surface area contributed by atoms with Gasteiger partial charge in [-0.15, -0.1) is 0 Å². The maximum absolute atomic E-state index is 11.6. The van der Waals surface area contributed by atoms with Gasteiger partial charge in [-0.3, -0.25) is 0 Å². The lowest BCUT2D eigenvalue weighted by molar-refractivity contribution is 0.262. The van der Waals surface area contributed by atoms with E-state index in [0.29, 0.717) is 0 Å². The summed E-state index contributed by atoms with van der Waals surface area (Å²) in [5.74, 6) is 0. The van der Waals surface area contributed by atoms with Crippen molar-refractivity contribution >= 4 is 28.0 Å². The largest absolute Gasteiger partial charge is 0.476 e. The second-order valence-electron chi connectivity index (χ2n) is 3.69. The zero-order valence-corrected chi connectivity index (χ0v) is 11.5. The second-order valence-corrected chi connectivity index (χ2v) is 4.45. The number of urea groups is 1. The molecule has 0 unspecified atom stereocenters. The van der Waals surface area contributed by atoms with E-state index in [-0.39, 0.29) is 6.03 Å². The highest BCUT2D eigenvalue weighted by Gasteiger charge is 2.00. The highest BCUT2D eigenvalue weighted by molar-refractivity contribution is 7.81. The van der Waals surface area contributed by atoms with Gasteiger partial charge in [-0.2, -0.15) is 8.42 Å². The van der Waals surface area contributed by atoms with Gasteiger partial charge in [0.2, 0.25) is 0 Å². The average Bonchev–Trinajstić information content (AvgIpc) is 2.39. The van der Waals surface area contributed by atoms with Gasteiger partial charge in [0.25, 0.3) is 0 Å². The minimum absolute atomic E-state index is 0.239. The van der Waals surface area contributed by atoms with Crippen molar-refractivity contribution in [1.29, 1.82) is 0 Å². The van der Waals surface area contributed by atoms with Crippen LogP contribution in [0.5, 0.6) is 0 Å². The Kier molecular flexibility index (Phi) is 6.28. The van der Waals surface area contributed by atoms with Crippen LogP contribution >= 0.6 is 0 Å². The van der Waals surface area contributed by atoms with E-state index < -0.39 is 10.6 Å². The van der Waals surface area contributed by atoms with Crippen molar-refractivity contribution in [3.05, 3.63) is 60.7 Å². The molecule has 112 valence electrons. The molecule has 8 heteroatoms. The number of nitrogens with one attached hydrogen (secondary N) is 2. The van der Waals surface area contributed by atoms with Crippen LogP contribution in [-0.4, -0.2) is 14.4 Å². The zero-order chi connectivity index (χ0) is 15.7. The lowest BCUT2D eigenvalue weighted by Crippen LogP contribution is -2.19. The topological polar surface area (TPSA) is 75.3 Å². The Labute approximate surface area is 121 Å². The molecule has 0 saturated heterocycles. The summed E-state index contributed by atoms with van der Waals surface area (Å²) in [6.45, 7) is 0. The number of carbonyl (C=O) groups excluding carboxylic acids is 1. The van der Waals surface area contributed by atoms with Crippen LogP contribution in [0, 0.1) is 0 Å². The fourth-order valence-electron chi connectivity index (χ4n) is 1.34. The summed E-state index contributed by atoms with van der Waals surface area (Å²) in [5.41, 5.74) is 1.55. The van der Waals surface area contributed by atoms with Gasteiger partial charge in [-0.05, 0) is 24.3 Å². The lowest BCUT2D eigenvalue weighted by Gasteiger charge is -2.06. The summed E-state index contributed by atoms with van der Waals surface area (Å²) in [7, 11) is -5.67. The molecule has 2 aromatic rings. The number of halogens is 2. The average molecular weight is 314 g/mol. The number of carbonyl (C=O) groups is 1. The normalized spacial score (nSPS) is 10.0. The predicted octanol–water partition coefficient (Wildman–Crippen LogP) is 3.50. The van der Waals surface area contributed by atoms with E-state index in [1.54, 1.807) is 0 Å². The molecule has 5 nitrogen and oxygen atoms in total. The molecule has 2 amide bonds. The number of anilines is 2. The van der Waals surface area contributed by atoms with Crippen LogP contribution in [0.3, 0.4) is 0 Å². The van der Waals surface area contributed by atoms with Crippen LogP contribution in [0.1, 0.15) is 0 Å². The fraction of sp³-hybridized carbons (Fsp3) is 0. The van der Waals surface area contributed by atoms with Crippen molar-refractivity contribution in [2.24, 2.45) is 0 Å². The first-order valence-electron chi connectivity index (χ1n) is 5.67. The van der Waals surface area contributed by atoms with E-state index in [0.717, 1.165) is 11.4 Å². The van der Waals surface area contributed by atoms with Gasteiger partial charge in [-0.25, -0.2) is 4.79 Å². The molecule has 0 spiro atoms. The van der Waals surface area contributed by atoms with E-state index in [1.807, 2.05) is 60.7 Å². The third-order valence-electron chi connectivity index (χ3n) is 2.06. The standard InChI is InChI=1S/C13H12N2O.F2O2S/c16-13(14-11-7-3-1-4-8-11)15-12-9-5-2-6-10-12;1-5(2,3)4/h1-10H,(H2,14,15,16);. The highest BCUT2D eigenvalue weighted by atomic mass is 32.3. The van der Waals surface area contributed by atoms with Crippen molar-refractivity contribution in [3.63, 3.8) is 0 Å². The maximum atomic E-state index is 11.6. The third kappa shape index (κ3) is 9.11. The van der Waals surface area contributed by atoms with Gasteiger partial charge in [-0.1, -0.05) is 44.2 Å². The van der Waals surface area contributed by atoms with E-state index in [1.165, 1.54) is 0 Å². The van der Waals surface area contributed by atoms with Crippen molar-refractivity contribution in [3.8, 4) is 0 Å². The number of benzene rings is 2. The van der Waals surface area contributed by atoms with E-state index in [4.69, 9.17) is 8.42 Å². The molecule has 2 aromatic carbocycles. The van der Waals surface area contributed by atoms with Gasteiger partial charge in [0.15, 0.2) is 0 Å². The van der Waals surface area contributed by atoms with Gasteiger partial charge < -0.3 is 10.6 Å². The second kappa shape index (κ2) is 7.95. The number of para-hydroxylation sites is 2. The molecule has 2 N–H and O–H groups in total. The Balaban J connectivity index is 0.000000383. The SMILES string of the molecule is O=C(Nc1ccccc1)Nc1ccccc1.O=S(=O)(F)F. The Hall–Kier alpha value is -2.48. The summed E-state index contributed by atoms with van der Waals surface area (Å²) < 4.78 is 36.6. The minimum Gasteiger partial charge on any atom is -0.308 e. The van der Waals surface area contributed by atoms with E-state index in [2.05, 4.69) is 10.6 Å². The third-order valence-corrected chi connectivity index (χ3v) is 2.06. The molecule has 0 atom stereocenters. The summed E-state index contributed by atoms with van der Waals surface area (Å²) in [6.07, 6.45) is 0. The predicted molar refractivity (Wildman–Crippen MR) is 76.7 cm³/mol. The number of hydrogen-bond donors (Lipinski definition) is 2. The molecule has 0 saturated carbocycles. The lowest BCUT2D eigenvalue weighted by atomic mass is 10.3. The first-order chi connectivity index (χ1) is 9.84. The Morgan fingerprint density at radius 1 is 0.762 bits per heavy atom. The smallest absolute Gasteiger partial charge is 0.308 e. The van der Waals surface area contributed by atoms with Crippen molar-refractivity contribution in [2.45, 2.75) is 0 Å². The summed E-state index contributed by atoms with van der Waals surface area (Å²) in [4.78, 5) is 11.6. The van der Waals surface area contributed by atoms with Gasteiger partial charge >= 0.3 is 16.6 Å². The molecule has 0 bridgehead atoms. The fourth-order valence-corrected chi connectivity index (χ4v) is 1.34. The summed E-state index contributed by atoms with van der Waals surface area (Å²) in [5, 5.41) is 5.48. The molecule has 0 radical (unpaired) electrons. The molecule has 2 rings (SSSR count). The Morgan fingerprint density at radius 2 is 1.05 bits per heavy atom. The van der Waals surface area contributed by atoms with Crippen LogP contribution in [-0.2, 0) is 10.6 Å². The molecule has 0 aliphatic rings. The van der Waals surface area contributed by atoms with E-state index in [9.17, 15) is 12.6 Å². The maximum Gasteiger partial charge on any atom is 0.476 e. The van der Waals surface area contributed by atoms with Gasteiger partial charge in [0.05, 0.1) is 0 Å². The minimum atomic E-state index is -5.67. The van der Waals surface area contributed by atoms with Gasteiger partial charge in [0, 0.05) is 11.4 Å². The van der Waals surface area contributed by atoms with E-state index >= 15 is 0 Å². The van der Waals surface area contributed by atoms with Gasteiger partial charge in [0.1, 0.15) is 0 Å². The van der Waals surface area contributed by atoms with Crippen LogP contribution < -0.4 is 10.6 Å². The number of hydrogen-bond acceptors (Lipinski definition) is 3. The van der Waals surface area contributed by atoms with Crippen LogP contribution in [0.25, 0.3) is 0 Å². The Morgan fingerprint density at radius 3 is 1.33 bits per heavy atom. The van der Waals surface area contributed by atoms with Crippen molar-refractivity contribution < 1.29 is 21.0 Å². The molecule has 21 heavy (non-hydrogen) atoms. The molecule has 0 aliphatic heterocycles. The first-order valence-corrected chi connectivity index (χ1v) is 6.95.